The zero-order valence-corrected chi connectivity index (χ0v) is 10.1. The van der Waals surface area contributed by atoms with Crippen LogP contribution in [0.1, 0.15) is 26.0 Å². The Morgan fingerprint density at radius 3 is 2.47 bits per heavy atom. The molecule has 1 fully saturated rings. The molecular formula is C11H21N3O. The van der Waals surface area contributed by atoms with Crippen LogP contribution in [0.3, 0.4) is 0 Å². The molecule has 1 atom stereocenters. The lowest BCUT2D eigenvalue weighted by Gasteiger charge is -2.22. The topological polar surface area (TPSA) is 41.3 Å². The Balaban J connectivity index is 0.000000531. The molecule has 1 unspecified atom stereocenters. The number of aromatic nitrogens is 2. The summed E-state index contributed by atoms with van der Waals surface area (Å²) in [6.45, 7) is 5.65. The highest BCUT2D eigenvalue weighted by Crippen LogP contribution is 2.30. The second-order valence-electron chi connectivity index (χ2n) is 3.86. The highest BCUT2D eigenvalue weighted by atomic mass is 16.3. The monoisotopic (exact) mass is 211 g/mol. The molecule has 1 N–H and O–H groups in total. The van der Waals surface area contributed by atoms with Gasteiger partial charge in [0.05, 0.1) is 5.69 Å². The Morgan fingerprint density at radius 1 is 1.40 bits per heavy atom. The van der Waals surface area contributed by atoms with E-state index in [1.54, 1.807) is 10.9 Å². The van der Waals surface area contributed by atoms with Gasteiger partial charge in [-0.05, 0) is 19.5 Å². The summed E-state index contributed by atoms with van der Waals surface area (Å²) in [4.78, 5) is 2.13. The van der Waals surface area contributed by atoms with Gasteiger partial charge in [-0.1, -0.05) is 13.8 Å². The van der Waals surface area contributed by atoms with E-state index in [1.165, 1.54) is 0 Å². The lowest BCUT2D eigenvalue weighted by molar-refractivity contribution is 0.0406. The predicted octanol–water partition coefficient (Wildman–Crippen LogP) is 0.969. The first-order valence-corrected chi connectivity index (χ1v) is 5.51. The van der Waals surface area contributed by atoms with E-state index in [4.69, 9.17) is 0 Å². The van der Waals surface area contributed by atoms with Crippen molar-refractivity contribution in [2.24, 2.45) is 7.05 Å². The van der Waals surface area contributed by atoms with E-state index in [9.17, 15) is 5.11 Å². The number of rotatable bonds is 1. The van der Waals surface area contributed by atoms with Crippen LogP contribution in [0.25, 0.3) is 0 Å². The molecule has 1 aromatic rings. The molecule has 4 heteroatoms. The molecule has 0 radical (unpaired) electrons. The number of likely N-dealkylation sites (tertiary alicyclic amines) is 1. The maximum absolute atomic E-state index is 10.3. The van der Waals surface area contributed by atoms with Gasteiger partial charge in [-0.25, -0.2) is 0 Å². The largest absolute Gasteiger partial charge is 0.382 e. The third-order valence-corrected chi connectivity index (χ3v) is 2.74. The van der Waals surface area contributed by atoms with Crippen LogP contribution in [0.4, 0.5) is 0 Å². The van der Waals surface area contributed by atoms with Crippen molar-refractivity contribution in [3.63, 3.8) is 0 Å². The fourth-order valence-electron chi connectivity index (χ4n) is 2.02. The van der Waals surface area contributed by atoms with E-state index >= 15 is 0 Å². The third-order valence-electron chi connectivity index (χ3n) is 2.74. The molecule has 86 valence electrons. The lowest BCUT2D eigenvalue weighted by Crippen LogP contribution is -2.31. The fourth-order valence-corrected chi connectivity index (χ4v) is 2.02. The highest BCUT2D eigenvalue weighted by Gasteiger charge is 2.38. The first-order valence-electron chi connectivity index (χ1n) is 5.51. The number of nitrogens with zero attached hydrogens (tertiary/aromatic N) is 3. The average Bonchev–Trinajstić information content (AvgIpc) is 2.78. The van der Waals surface area contributed by atoms with E-state index < -0.39 is 5.60 Å². The van der Waals surface area contributed by atoms with Crippen LogP contribution in [-0.4, -0.2) is 39.9 Å². The van der Waals surface area contributed by atoms with Crippen molar-refractivity contribution in [2.75, 3.05) is 20.1 Å². The molecule has 15 heavy (non-hydrogen) atoms. The Hall–Kier alpha value is -0.870. The van der Waals surface area contributed by atoms with E-state index in [0.29, 0.717) is 6.54 Å². The van der Waals surface area contributed by atoms with Gasteiger partial charge in [0, 0.05) is 26.3 Å². The van der Waals surface area contributed by atoms with Crippen molar-refractivity contribution in [1.29, 1.82) is 0 Å². The predicted molar refractivity (Wildman–Crippen MR) is 60.6 cm³/mol. The van der Waals surface area contributed by atoms with Gasteiger partial charge < -0.3 is 10.0 Å². The van der Waals surface area contributed by atoms with Gasteiger partial charge in [0.15, 0.2) is 0 Å². The van der Waals surface area contributed by atoms with E-state index in [0.717, 1.165) is 18.7 Å². The quantitative estimate of drug-likeness (QED) is 0.752. The molecular weight excluding hydrogens is 190 g/mol. The van der Waals surface area contributed by atoms with Crippen LogP contribution >= 0.6 is 0 Å². The first kappa shape index (κ1) is 12.2. The maximum atomic E-state index is 10.3. The number of β-amino-alcohol motifs (C(OH)–C–C–N with tert-alkyl or cyclic N) is 1. The van der Waals surface area contributed by atoms with Crippen LogP contribution in [0.5, 0.6) is 0 Å². The number of aliphatic hydroxyl groups is 1. The van der Waals surface area contributed by atoms with E-state index in [1.807, 2.05) is 34.0 Å². The van der Waals surface area contributed by atoms with Gasteiger partial charge in [-0.15, -0.1) is 0 Å². The Labute approximate surface area is 91.5 Å². The van der Waals surface area contributed by atoms with Crippen molar-refractivity contribution < 1.29 is 5.11 Å². The molecule has 1 saturated heterocycles. The summed E-state index contributed by atoms with van der Waals surface area (Å²) in [5.41, 5.74) is 0.219. The number of likely N-dealkylation sites (N-methyl/N-ethyl adjacent to an activating group) is 1. The van der Waals surface area contributed by atoms with Gasteiger partial charge in [0.25, 0.3) is 0 Å². The summed E-state index contributed by atoms with van der Waals surface area (Å²) in [5.74, 6) is 0. The molecule has 2 heterocycles. The van der Waals surface area contributed by atoms with Crippen molar-refractivity contribution in [1.82, 2.24) is 14.7 Å². The lowest BCUT2D eigenvalue weighted by atomic mass is 9.99. The smallest absolute Gasteiger partial charge is 0.120 e. The third kappa shape index (κ3) is 2.38. The minimum Gasteiger partial charge on any atom is -0.382 e. The second kappa shape index (κ2) is 4.77. The van der Waals surface area contributed by atoms with Crippen molar-refractivity contribution in [3.05, 3.63) is 18.0 Å². The molecule has 4 nitrogen and oxygen atoms in total. The number of hydrogen-bond acceptors (Lipinski definition) is 3. The Bertz CT molecular complexity index is 311. The molecule has 2 rings (SSSR count). The average molecular weight is 211 g/mol. The van der Waals surface area contributed by atoms with Crippen LogP contribution in [0, 0.1) is 0 Å². The van der Waals surface area contributed by atoms with Crippen LogP contribution in [0.15, 0.2) is 12.3 Å². The summed E-state index contributed by atoms with van der Waals surface area (Å²) < 4.78 is 1.75. The summed E-state index contributed by atoms with van der Waals surface area (Å²) in [6.07, 6.45) is 2.52. The van der Waals surface area contributed by atoms with Gasteiger partial charge in [-0.3, -0.25) is 4.68 Å². The van der Waals surface area contributed by atoms with Gasteiger partial charge >= 0.3 is 0 Å². The molecule has 0 aromatic carbocycles. The van der Waals surface area contributed by atoms with Crippen LogP contribution < -0.4 is 0 Å². The Kier molecular flexibility index (Phi) is 3.88. The summed E-state index contributed by atoms with van der Waals surface area (Å²) in [7, 11) is 3.89. The van der Waals surface area contributed by atoms with Gasteiger partial charge in [0.1, 0.15) is 5.60 Å². The molecule has 1 aliphatic rings. The number of hydrogen-bond donors (Lipinski definition) is 1. The molecule has 0 spiro atoms. The number of aryl methyl sites for hydroxylation is 1. The standard InChI is InChI=1S/C9H15N3O.C2H6/c1-11-6-4-9(13,7-11)8-3-5-10-12(8)2;1-2/h3,5,13H,4,6-7H2,1-2H3;1-2H3. The summed E-state index contributed by atoms with van der Waals surface area (Å²) in [5, 5.41) is 14.4. The normalized spacial score (nSPS) is 26.2. The Morgan fingerprint density at radius 2 is 2.07 bits per heavy atom. The zero-order chi connectivity index (χ0) is 11.5. The van der Waals surface area contributed by atoms with Gasteiger partial charge in [0.2, 0.25) is 0 Å². The molecule has 0 bridgehead atoms. The summed E-state index contributed by atoms with van der Waals surface area (Å²) >= 11 is 0. The first-order chi connectivity index (χ1) is 7.12. The highest BCUT2D eigenvalue weighted by molar-refractivity contribution is 5.14. The molecule has 1 aromatic heterocycles. The minimum atomic E-state index is -0.694. The summed E-state index contributed by atoms with van der Waals surface area (Å²) in [6, 6.07) is 1.89. The molecule has 0 aliphatic carbocycles. The zero-order valence-electron chi connectivity index (χ0n) is 10.1. The van der Waals surface area contributed by atoms with Crippen LogP contribution in [-0.2, 0) is 12.6 Å². The second-order valence-corrected chi connectivity index (χ2v) is 3.86. The minimum absolute atomic E-state index is 0.694. The van der Waals surface area contributed by atoms with Crippen molar-refractivity contribution >= 4 is 0 Å². The fraction of sp³-hybridized carbons (Fsp3) is 0.727. The SMILES string of the molecule is CC.CN1CCC(O)(c2ccnn2C)C1. The molecule has 1 aliphatic heterocycles. The van der Waals surface area contributed by atoms with Crippen molar-refractivity contribution in [2.45, 2.75) is 25.9 Å². The molecule has 0 amide bonds. The van der Waals surface area contributed by atoms with Gasteiger partial charge in [-0.2, -0.15) is 5.10 Å². The van der Waals surface area contributed by atoms with E-state index in [-0.39, 0.29) is 0 Å². The molecule has 0 saturated carbocycles. The van der Waals surface area contributed by atoms with Crippen LogP contribution in [0.2, 0.25) is 0 Å². The maximum Gasteiger partial charge on any atom is 0.120 e. The van der Waals surface area contributed by atoms with E-state index in [2.05, 4.69) is 10.00 Å². The van der Waals surface area contributed by atoms with Crippen molar-refractivity contribution in [3.8, 4) is 0 Å².